The summed E-state index contributed by atoms with van der Waals surface area (Å²) in [5.41, 5.74) is 2.13. The highest BCUT2D eigenvalue weighted by molar-refractivity contribution is 7.07. The molecule has 0 saturated heterocycles. The number of aromatic hydroxyl groups is 1. The van der Waals surface area contributed by atoms with Crippen LogP contribution < -0.4 is 19.6 Å². The van der Waals surface area contributed by atoms with Crippen LogP contribution in [0.15, 0.2) is 69.6 Å². The lowest BCUT2D eigenvalue weighted by Gasteiger charge is -2.24. The van der Waals surface area contributed by atoms with Crippen molar-refractivity contribution in [2.24, 2.45) is 4.99 Å². The second kappa shape index (κ2) is 9.46. The lowest BCUT2D eigenvalue weighted by atomic mass is 9.96. The summed E-state index contributed by atoms with van der Waals surface area (Å²) in [4.78, 5) is 31.5. The Balaban J connectivity index is 1.91. The van der Waals surface area contributed by atoms with Crippen LogP contribution in [0.4, 0.5) is 0 Å². The van der Waals surface area contributed by atoms with Crippen molar-refractivity contribution in [1.29, 1.82) is 0 Å². The maximum atomic E-state index is 13.5. The Labute approximate surface area is 194 Å². The summed E-state index contributed by atoms with van der Waals surface area (Å²) in [6, 6.07) is 13.7. The molecule has 0 unspecified atom stereocenters. The van der Waals surface area contributed by atoms with E-state index in [2.05, 4.69) is 4.99 Å². The number of nitrogens with zero attached hydrogens (tertiary/aromatic N) is 2. The number of aromatic nitrogens is 1. The zero-order valence-electron chi connectivity index (χ0n) is 18.6. The molecule has 0 amide bonds. The molecule has 0 aliphatic carbocycles. The summed E-state index contributed by atoms with van der Waals surface area (Å²) >= 11 is 1.25. The Morgan fingerprint density at radius 2 is 1.94 bits per heavy atom. The van der Waals surface area contributed by atoms with Crippen LogP contribution in [-0.4, -0.2) is 28.9 Å². The Morgan fingerprint density at radius 1 is 1.18 bits per heavy atom. The number of carbonyl (C=O) groups excluding carboxylic acids is 1. The highest BCUT2D eigenvalue weighted by atomic mass is 32.1. The largest absolute Gasteiger partial charge is 0.504 e. The van der Waals surface area contributed by atoms with Crippen molar-refractivity contribution in [1.82, 2.24) is 4.57 Å². The normalized spacial score (nSPS) is 15.7. The number of esters is 1. The zero-order valence-corrected chi connectivity index (χ0v) is 19.4. The summed E-state index contributed by atoms with van der Waals surface area (Å²) < 4.78 is 12.8. The van der Waals surface area contributed by atoms with Crippen LogP contribution in [-0.2, 0) is 9.53 Å². The van der Waals surface area contributed by atoms with E-state index in [4.69, 9.17) is 9.47 Å². The molecule has 1 aliphatic rings. The highest BCUT2D eigenvalue weighted by Crippen LogP contribution is 2.30. The first-order valence-corrected chi connectivity index (χ1v) is 11.5. The van der Waals surface area contributed by atoms with Crippen LogP contribution in [0.1, 0.15) is 37.9 Å². The van der Waals surface area contributed by atoms with Gasteiger partial charge in [-0.15, -0.1) is 0 Å². The van der Waals surface area contributed by atoms with E-state index >= 15 is 0 Å². The number of phenolic OH excluding ortho intramolecular Hbond substituents is 1. The van der Waals surface area contributed by atoms with Gasteiger partial charge in [-0.25, -0.2) is 9.79 Å². The second-order valence-corrected chi connectivity index (χ2v) is 8.38. The molecule has 1 aromatic heterocycles. The quantitative estimate of drug-likeness (QED) is 0.567. The molecule has 0 fully saturated rings. The van der Waals surface area contributed by atoms with Gasteiger partial charge < -0.3 is 14.6 Å². The number of hydrogen-bond acceptors (Lipinski definition) is 7. The molecule has 170 valence electrons. The van der Waals surface area contributed by atoms with Crippen LogP contribution in [0.25, 0.3) is 6.08 Å². The minimum absolute atomic E-state index is 0.0363. The van der Waals surface area contributed by atoms with E-state index in [0.29, 0.717) is 38.5 Å². The first-order valence-electron chi connectivity index (χ1n) is 10.6. The molecule has 7 nitrogen and oxygen atoms in total. The smallest absolute Gasteiger partial charge is 0.338 e. The van der Waals surface area contributed by atoms with Gasteiger partial charge in [0, 0.05) is 0 Å². The Kier molecular flexibility index (Phi) is 6.46. The van der Waals surface area contributed by atoms with Crippen molar-refractivity contribution in [3.63, 3.8) is 0 Å². The van der Waals surface area contributed by atoms with Gasteiger partial charge in [-0.3, -0.25) is 9.36 Å². The molecular weight excluding hydrogens is 440 g/mol. The van der Waals surface area contributed by atoms with Crippen LogP contribution in [0.2, 0.25) is 0 Å². The minimum Gasteiger partial charge on any atom is -0.504 e. The van der Waals surface area contributed by atoms with E-state index in [1.165, 1.54) is 17.4 Å². The molecule has 0 spiro atoms. The van der Waals surface area contributed by atoms with Gasteiger partial charge in [0.1, 0.15) is 0 Å². The molecule has 0 radical (unpaired) electrons. The summed E-state index contributed by atoms with van der Waals surface area (Å²) in [7, 11) is 0. The van der Waals surface area contributed by atoms with Gasteiger partial charge in [-0.1, -0.05) is 47.7 Å². The van der Waals surface area contributed by atoms with Gasteiger partial charge in [-0.05, 0) is 50.1 Å². The van der Waals surface area contributed by atoms with E-state index in [1.54, 1.807) is 36.6 Å². The molecule has 3 aromatic rings. The number of thiazole rings is 1. The van der Waals surface area contributed by atoms with E-state index in [-0.39, 0.29) is 17.9 Å². The first kappa shape index (κ1) is 22.5. The minimum atomic E-state index is -0.637. The fourth-order valence-corrected chi connectivity index (χ4v) is 4.83. The van der Waals surface area contributed by atoms with Crippen molar-refractivity contribution in [2.75, 3.05) is 13.2 Å². The Hall–Kier alpha value is -3.65. The predicted molar refractivity (Wildman–Crippen MR) is 126 cm³/mol. The van der Waals surface area contributed by atoms with Gasteiger partial charge >= 0.3 is 5.97 Å². The molecule has 2 aromatic carbocycles. The zero-order chi connectivity index (χ0) is 23.5. The monoisotopic (exact) mass is 464 g/mol. The van der Waals surface area contributed by atoms with Crippen molar-refractivity contribution in [3.05, 3.63) is 90.6 Å². The molecule has 33 heavy (non-hydrogen) atoms. The molecule has 1 N–H and O–H groups in total. The van der Waals surface area contributed by atoms with Gasteiger partial charge in [-0.2, -0.15) is 0 Å². The van der Waals surface area contributed by atoms with Crippen LogP contribution in [0, 0.1) is 0 Å². The maximum absolute atomic E-state index is 13.5. The van der Waals surface area contributed by atoms with Crippen molar-refractivity contribution >= 4 is 23.4 Å². The highest BCUT2D eigenvalue weighted by Gasteiger charge is 2.33. The number of fused-ring (bicyclic) bond motifs is 1. The SMILES string of the molecule is CCOC(=O)C1=C(C)N=c2s/c(=C/c3ccc(O)c(OCC)c3)c(=O)n2[C@H]1c1ccccc1. The van der Waals surface area contributed by atoms with Crippen LogP contribution in [0.3, 0.4) is 0 Å². The van der Waals surface area contributed by atoms with Gasteiger partial charge in [0.2, 0.25) is 0 Å². The van der Waals surface area contributed by atoms with E-state index in [1.807, 2.05) is 37.3 Å². The number of phenols is 1. The van der Waals surface area contributed by atoms with Gasteiger partial charge in [0.05, 0.1) is 35.1 Å². The van der Waals surface area contributed by atoms with Crippen LogP contribution >= 0.6 is 11.3 Å². The standard InChI is InChI=1S/C25H24N2O5S/c1-4-31-19-13-16(11-12-18(19)28)14-20-23(29)27-22(17-9-7-6-8-10-17)21(24(30)32-5-2)15(3)26-25(27)33-20/h6-14,22,28H,4-5H2,1-3H3/b20-14+/t22-/m0/s1. The molecular formula is C25H24N2O5S. The second-order valence-electron chi connectivity index (χ2n) is 7.37. The summed E-state index contributed by atoms with van der Waals surface area (Å²) in [6.07, 6.45) is 1.73. The average molecular weight is 465 g/mol. The summed E-state index contributed by atoms with van der Waals surface area (Å²) in [5.74, 6) is -0.0994. The third-order valence-corrected chi connectivity index (χ3v) is 6.20. The first-order chi connectivity index (χ1) is 15.9. The van der Waals surface area contributed by atoms with Crippen molar-refractivity contribution in [2.45, 2.75) is 26.8 Å². The molecule has 1 atom stereocenters. The molecule has 1 aliphatic heterocycles. The Morgan fingerprint density at radius 3 is 2.64 bits per heavy atom. The lowest BCUT2D eigenvalue weighted by Crippen LogP contribution is -2.39. The lowest BCUT2D eigenvalue weighted by molar-refractivity contribution is -0.139. The maximum Gasteiger partial charge on any atom is 0.338 e. The number of allylic oxidation sites excluding steroid dienone is 1. The number of benzene rings is 2. The molecule has 0 bridgehead atoms. The van der Waals surface area contributed by atoms with Crippen LogP contribution in [0.5, 0.6) is 11.5 Å². The summed E-state index contributed by atoms with van der Waals surface area (Å²) in [5, 5.41) is 9.97. The number of hydrogen-bond donors (Lipinski definition) is 1. The van der Waals surface area contributed by atoms with Gasteiger partial charge in [0.15, 0.2) is 16.3 Å². The fraction of sp³-hybridized carbons (Fsp3) is 0.240. The third-order valence-electron chi connectivity index (χ3n) is 5.21. The van der Waals surface area contributed by atoms with Crippen molar-refractivity contribution < 1.29 is 19.4 Å². The number of rotatable bonds is 6. The van der Waals surface area contributed by atoms with E-state index in [9.17, 15) is 14.7 Å². The summed E-state index contributed by atoms with van der Waals surface area (Å²) in [6.45, 7) is 5.97. The predicted octanol–water partition coefficient (Wildman–Crippen LogP) is 2.90. The number of ether oxygens (including phenoxy) is 2. The van der Waals surface area contributed by atoms with E-state index < -0.39 is 12.0 Å². The van der Waals surface area contributed by atoms with Crippen molar-refractivity contribution in [3.8, 4) is 11.5 Å². The van der Waals surface area contributed by atoms with Gasteiger partial charge in [0.25, 0.3) is 5.56 Å². The third kappa shape index (κ3) is 4.34. The molecule has 0 saturated carbocycles. The molecule has 2 heterocycles. The molecule has 4 rings (SSSR count). The Bertz CT molecular complexity index is 1400. The number of carbonyl (C=O) groups is 1. The average Bonchev–Trinajstić information content (AvgIpc) is 3.10. The topological polar surface area (TPSA) is 90.1 Å². The van der Waals surface area contributed by atoms with E-state index in [0.717, 1.165) is 5.56 Å². The fourth-order valence-electron chi connectivity index (χ4n) is 3.79. The molecule has 8 heteroatoms.